The Hall–Kier alpha value is -3.82. The number of aryl methyl sites for hydroxylation is 1. The van der Waals surface area contributed by atoms with Crippen molar-refractivity contribution in [2.45, 2.75) is 26.9 Å². The van der Waals surface area contributed by atoms with Crippen molar-refractivity contribution >= 4 is 17.6 Å². The van der Waals surface area contributed by atoms with Gasteiger partial charge in [-0.15, -0.1) is 5.10 Å². The van der Waals surface area contributed by atoms with Crippen LogP contribution in [0, 0.1) is 0 Å². The lowest BCUT2D eigenvalue weighted by atomic mass is 10.0. The van der Waals surface area contributed by atoms with Gasteiger partial charge in [-0.1, -0.05) is 18.1 Å². The third-order valence-corrected chi connectivity index (χ3v) is 3.92. The van der Waals surface area contributed by atoms with Crippen LogP contribution in [0.2, 0.25) is 0 Å². The molecule has 0 bridgehead atoms. The maximum Gasteiger partial charge on any atom is 0.276 e. The summed E-state index contributed by atoms with van der Waals surface area (Å²) in [4.78, 5) is 28.0. The number of amides is 1. The van der Waals surface area contributed by atoms with Crippen molar-refractivity contribution in [3.05, 3.63) is 52.8 Å². The first-order chi connectivity index (χ1) is 13.5. The largest absolute Gasteiger partial charge is 0.507 e. The fourth-order valence-corrected chi connectivity index (χ4v) is 2.53. The summed E-state index contributed by atoms with van der Waals surface area (Å²) in [6.07, 6.45) is 0.621. The van der Waals surface area contributed by atoms with Gasteiger partial charge in [0.05, 0.1) is 11.3 Å². The number of hydrogen-bond donors (Lipinski definition) is 3. The number of phenolic OH excluding ortho intramolecular Hbond substituents is 1. The number of anilines is 1. The lowest BCUT2D eigenvalue weighted by molar-refractivity contribution is 0.100. The van der Waals surface area contributed by atoms with Gasteiger partial charge in [-0.2, -0.15) is 5.21 Å². The molecule has 3 N–H and O–H groups in total. The highest BCUT2D eigenvalue weighted by atomic mass is 16.5. The van der Waals surface area contributed by atoms with Gasteiger partial charge < -0.3 is 9.84 Å². The van der Waals surface area contributed by atoms with Crippen LogP contribution < -0.4 is 10.1 Å². The van der Waals surface area contributed by atoms with Gasteiger partial charge in [-0.25, -0.2) is 4.98 Å². The molecule has 10 nitrogen and oxygen atoms in total. The van der Waals surface area contributed by atoms with Crippen molar-refractivity contribution in [3.8, 4) is 11.5 Å². The summed E-state index contributed by atoms with van der Waals surface area (Å²) in [5.41, 5.74) is 1.71. The van der Waals surface area contributed by atoms with Gasteiger partial charge in [0.15, 0.2) is 5.78 Å². The number of H-pyrrole nitrogens is 1. The summed E-state index contributed by atoms with van der Waals surface area (Å²) in [5.74, 6) is -0.349. The number of benzene rings is 1. The molecule has 0 radical (unpaired) electrons. The van der Waals surface area contributed by atoms with Crippen molar-refractivity contribution in [2.24, 2.45) is 0 Å². The van der Waals surface area contributed by atoms with Crippen molar-refractivity contribution in [1.82, 2.24) is 25.6 Å². The average Bonchev–Trinajstić information content (AvgIpc) is 3.19. The Morgan fingerprint density at radius 3 is 2.79 bits per heavy atom. The normalized spacial score (nSPS) is 10.5. The number of Topliss-reactive ketones (excluding diaryl/α,β-unsaturated/α-hetero) is 1. The number of nitrogens with zero attached hydrogens (tertiary/aromatic N) is 4. The molecule has 1 aromatic carbocycles. The molecule has 0 fully saturated rings. The monoisotopic (exact) mass is 382 g/mol. The molecule has 1 amide bonds. The molecule has 0 spiro atoms. The molecule has 0 saturated heterocycles. The lowest BCUT2D eigenvalue weighted by Crippen LogP contribution is -2.15. The van der Waals surface area contributed by atoms with Crippen LogP contribution in [-0.2, 0) is 13.0 Å². The van der Waals surface area contributed by atoms with Gasteiger partial charge in [0.2, 0.25) is 0 Å². The SMILES string of the molecule is CCc1cc(C(C)=O)c(O)cc1OCc1cccc(C(=O)Nc2nn[nH]n2)n1. The summed E-state index contributed by atoms with van der Waals surface area (Å²) >= 11 is 0. The molecule has 28 heavy (non-hydrogen) atoms. The number of carbonyl (C=O) groups is 2. The highest BCUT2D eigenvalue weighted by Crippen LogP contribution is 2.29. The van der Waals surface area contributed by atoms with E-state index in [9.17, 15) is 14.7 Å². The molecular formula is C18H18N6O4. The maximum atomic E-state index is 12.2. The van der Waals surface area contributed by atoms with Crippen molar-refractivity contribution < 1.29 is 19.4 Å². The second-order valence-electron chi connectivity index (χ2n) is 5.88. The van der Waals surface area contributed by atoms with Crippen LogP contribution in [0.5, 0.6) is 11.5 Å². The van der Waals surface area contributed by atoms with E-state index < -0.39 is 5.91 Å². The molecule has 144 valence electrons. The minimum absolute atomic E-state index is 0.0436. The molecule has 0 unspecified atom stereocenters. The number of rotatable bonds is 7. The average molecular weight is 382 g/mol. The smallest absolute Gasteiger partial charge is 0.276 e. The third-order valence-electron chi connectivity index (χ3n) is 3.92. The first-order valence-corrected chi connectivity index (χ1v) is 8.48. The van der Waals surface area contributed by atoms with E-state index in [4.69, 9.17) is 4.74 Å². The predicted molar refractivity (Wildman–Crippen MR) is 98.2 cm³/mol. The third kappa shape index (κ3) is 4.29. The predicted octanol–water partition coefficient (Wildman–Crippen LogP) is 1.90. The van der Waals surface area contributed by atoms with Crippen LogP contribution in [0.3, 0.4) is 0 Å². The zero-order chi connectivity index (χ0) is 20.1. The molecule has 0 aliphatic heterocycles. The van der Waals surface area contributed by atoms with Crippen molar-refractivity contribution in [2.75, 3.05) is 5.32 Å². The Morgan fingerprint density at radius 2 is 2.11 bits per heavy atom. The first-order valence-electron chi connectivity index (χ1n) is 8.48. The maximum absolute atomic E-state index is 12.2. The number of nitrogens with one attached hydrogen (secondary N) is 2. The second-order valence-corrected chi connectivity index (χ2v) is 5.88. The summed E-state index contributed by atoms with van der Waals surface area (Å²) < 4.78 is 5.77. The Balaban J connectivity index is 1.74. The molecule has 0 aliphatic rings. The van der Waals surface area contributed by atoms with Gasteiger partial charge in [-0.05, 0) is 42.3 Å². The molecule has 2 aromatic heterocycles. The van der Waals surface area contributed by atoms with E-state index in [2.05, 4.69) is 30.9 Å². The van der Waals surface area contributed by atoms with E-state index in [-0.39, 0.29) is 35.3 Å². The summed E-state index contributed by atoms with van der Waals surface area (Å²) in [6, 6.07) is 7.97. The van der Waals surface area contributed by atoms with Crippen LogP contribution in [0.25, 0.3) is 0 Å². The number of ketones is 1. The molecule has 3 aromatic rings. The Kier molecular flexibility index (Phi) is 5.58. The van der Waals surface area contributed by atoms with E-state index in [0.717, 1.165) is 5.56 Å². The number of ether oxygens (including phenoxy) is 1. The van der Waals surface area contributed by atoms with E-state index in [1.807, 2.05) is 6.92 Å². The van der Waals surface area contributed by atoms with Crippen LogP contribution in [0.4, 0.5) is 5.95 Å². The Labute approximate surface area is 160 Å². The zero-order valence-corrected chi connectivity index (χ0v) is 15.3. The molecular weight excluding hydrogens is 364 g/mol. The Morgan fingerprint density at radius 1 is 1.29 bits per heavy atom. The lowest BCUT2D eigenvalue weighted by Gasteiger charge is -2.13. The minimum atomic E-state index is -0.485. The number of hydrogen-bond acceptors (Lipinski definition) is 8. The molecule has 0 atom stereocenters. The number of tetrazole rings is 1. The molecule has 2 heterocycles. The van der Waals surface area contributed by atoms with E-state index in [0.29, 0.717) is 17.9 Å². The summed E-state index contributed by atoms with van der Waals surface area (Å²) in [6.45, 7) is 3.39. The van der Waals surface area contributed by atoms with E-state index >= 15 is 0 Å². The van der Waals surface area contributed by atoms with Gasteiger partial charge in [0.25, 0.3) is 11.9 Å². The van der Waals surface area contributed by atoms with Gasteiger partial charge in [0.1, 0.15) is 23.8 Å². The molecule has 0 saturated carbocycles. The topological polar surface area (TPSA) is 143 Å². The number of aromatic hydroxyl groups is 1. The van der Waals surface area contributed by atoms with E-state index in [1.54, 1.807) is 24.3 Å². The number of aromatic amines is 1. The number of phenols is 1. The molecule has 3 rings (SSSR count). The molecule has 10 heteroatoms. The van der Waals surface area contributed by atoms with Crippen LogP contribution in [-0.4, -0.2) is 42.4 Å². The highest BCUT2D eigenvalue weighted by Gasteiger charge is 2.14. The number of aromatic nitrogens is 5. The highest BCUT2D eigenvalue weighted by molar-refractivity contribution is 6.01. The van der Waals surface area contributed by atoms with Gasteiger partial charge >= 0.3 is 0 Å². The van der Waals surface area contributed by atoms with E-state index in [1.165, 1.54) is 13.0 Å². The second kappa shape index (κ2) is 8.25. The van der Waals surface area contributed by atoms with Gasteiger partial charge in [-0.3, -0.25) is 14.9 Å². The summed E-state index contributed by atoms with van der Waals surface area (Å²) in [5, 5.41) is 25.4. The summed E-state index contributed by atoms with van der Waals surface area (Å²) in [7, 11) is 0. The quantitative estimate of drug-likeness (QED) is 0.526. The number of carbonyl (C=O) groups excluding carboxylic acids is 2. The molecule has 0 aliphatic carbocycles. The first kappa shape index (κ1) is 19.0. The standard InChI is InChI=1S/C18H18N6O4/c1-3-11-7-13(10(2)25)15(26)8-16(11)28-9-12-5-4-6-14(19-12)17(27)20-18-21-23-24-22-18/h4-8,26H,3,9H2,1-2H3,(H2,20,21,22,23,24,27). The Bertz CT molecular complexity index is 1000. The minimum Gasteiger partial charge on any atom is -0.507 e. The van der Waals surface area contributed by atoms with Crippen molar-refractivity contribution in [1.29, 1.82) is 0 Å². The van der Waals surface area contributed by atoms with Crippen molar-refractivity contribution in [3.63, 3.8) is 0 Å². The fourth-order valence-electron chi connectivity index (χ4n) is 2.53. The van der Waals surface area contributed by atoms with Crippen LogP contribution in [0.1, 0.15) is 46.0 Å². The fraction of sp³-hybridized carbons (Fsp3) is 0.222. The van der Waals surface area contributed by atoms with Crippen LogP contribution >= 0.6 is 0 Å². The van der Waals surface area contributed by atoms with Crippen LogP contribution in [0.15, 0.2) is 30.3 Å². The van der Waals surface area contributed by atoms with Gasteiger partial charge in [0, 0.05) is 6.07 Å². The number of pyridine rings is 1. The zero-order valence-electron chi connectivity index (χ0n) is 15.3.